The third kappa shape index (κ3) is 10.1. The van der Waals surface area contributed by atoms with Gasteiger partial charge < -0.3 is 14.5 Å². The van der Waals surface area contributed by atoms with Gasteiger partial charge in [-0.1, -0.05) is 45.9 Å². The molecule has 2 aromatic heterocycles. The third-order valence-electron chi connectivity index (χ3n) is 4.16. The molecule has 1 aromatic carbocycles. The summed E-state index contributed by atoms with van der Waals surface area (Å²) in [6.45, 7) is 11.6. The first-order valence-corrected chi connectivity index (χ1v) is 11.2. The number of hydrogen-bond donors (Lipinski definition) is 1. The second-order valence-electron chi connectivity index (χ2n) is 6.55. The lowest BCUT2D eigenvalue weighted by atomic mass is 10.3. The van der Waals surface area contributed by atoms with Crippen molar-refractivity contribution in [2.75, 3.05) is 6.61 Å². The van der Waals surface area contributed by atoms with Crippen molar-refractivity contribution in [3.05, 3.63) is 62.9 Å². The molecule has 0 bridgehead atoms. The Bertz CT molecular complexity index is 1150. The van der Waals surface area contributed by atoms with Crippen molar-refractivity contribution in [2.24, 2.45) is 7.05 Å². The number of aryl methyl sites for hydroxylation is 2. The molecule has 11 heteroatoms. The van der Waals surface area contributed by atoms with E-state index in [0.29, 0.717) is 17.5 Å². The zero-order valence-corrected chi connectivity index (χ0v) is 21.2. The van der Waals surface area contributed by atoms with Crippen molar-refractivity contribution in [1.82, 2.24) is 14.1 Å². The maximum atomic E-state index is 12.3. The summed E-state index contributed by atoms with van der Waals surface area (Å²) in [5, 5.41) is 0. The molecule has 0 fully saturated rings. The highest BCUT2D eigenvalue weighted by Gasteiger charge is 2.30. The lowest BCUT2D eigenvalue weighted by Gasteiger charge is -2.09. The van der Waals surface area contributed by atoms with E-state index < -0.39 is 6.36 Å². The smallest absolute Gasteiger partial charge is 0.466 e. The van der Waals surface area contributed by atoms with E-state index in [-0.39, 0.29) is 36.1 Å². The van der Waals surface area contributed by atoms with Crippen molar-refractivity contribution in [3.8, 4) is 5.75 Å². The molecule has 0 aliphatic heterocycles. The molecule has 0 aliphatic rings. The van der Waals surface area contributed by atoms with Crippen LogP contribution in [-0.4, -0.2) is 33.1 Å². The summed E-state index contributed by atoms with van der Waals surface area (Å²) in [5.41, 5.74) is 1.17. The maximum Gasteiger partial charge on any atom is 0.573 e. The summed E-state index contributed by atoms with van der Waals surface area (Å²) in [4.78, 5) is 38.0. The zero-order valence-electron chi connectivity index (χ0n) is 21.2. The minimum atomic E-state index is -4.60. The number of rotatable bonds is 5. The molecule has 0 saturated carbocycles. The van der Waals surface area contributed by atoms with Crippen LogP contribution in [-0.2, 0) is 23.1 Å². The number of hydrogen-bond acceptors (Lipinski definition) is 5. The molecular formula is C24H34F3N3O5. The molecule has 196 valence electrons. The van der Waals surface area contributed by atoms with Crippen LogP contribution in [0.2, 0.25) is 0 Å². The Balaban J connectivity index is 0.000000652. The van der Waals surface area contributed by atoms with E-state index in [9.17, 15) is 27.6 Å². The van der Waals surface area contributed by atoms with Crippen LogP contribution < -0.4 is 16.0 Å². The number of halogens is 3. The van der Waals surface area contributed by atoms with Gasteiger partial charge in [-0.25, -0.2) is 4.79 Å². The zero-order chi connectivity index (χ0) is 27.2. The Kier molecular flexibility index (Phi) is 13.9. The number of carbonyl (C=O) groups is 1. The highest BCUT2D eigenvalue weighted by Crippen LogP contribution is 2.21. The van der Waals surface area contributed by atoms with E-state index in [2.05, 4.69) is 9.72 Å². The third-order valence-corrected chi connectivity index (χ3v) is 4.16. The topological polar surface area (TPSA) is 95.3 Å². The van der Waals surface area contributed by atoms with Crippen molar-refractivity contribution in [1.29, 1.82) is 0 Å². The van der Waals surface area contributed by atoms with Gasteiger partial charge in [0.05, 0.1) is 12.1 Å². The molecule has 0 radical (unpaired) electrons. The first-order valence-electron chi connectivity index (χ1n) is 11.2. The summed E-state index contributed by atoms with van der Waals surface area (Å²) >= 11 is 0. The average Bonchev–Trinajstić information content (AvgIpc) is 3.21. The monoisotopic (exact) mass is 501 g/mol. The number of esters is 1. The molecule has 2 heterocycles. The molecule has 1 N–H and O–H groups in total. The van der Waals surface area contributed by atoms with Crippen molar-refractivity contribution in [2.45, 2.75) is 60.9 Å². The summed E-state index contributed by atoms with van der Waals surface area (Å²) in [6.07, 6.45) is -2.48. The second kappa shape index (κ2) is 15.4. The maximum absolute atomic E-state index is 12.3. The summed E-state index contributed by atoms with van der Waals surface area (Å²) in [5.74, 6) is -0.569. The second-order valence-corrected chi connectivity index (χ2v) is 6.55. The largest absolute Gasteiger partial charge is 0.573 e. The van der Waals surface area contributed by atoms with E-state index in [1.807, 2.05) is 34.6 Å². The van der Waals surface area contributed by atoms with Crippen molar-refractivity contribution >= 4 is 17.0 Å². The SMILES string of the molecule is CC.CC.CC(=O)OCCCn1c(=O)c2[nH]cc(C)c2n(C)c1=O.FC(F)(F)Oc1ccccc1. The van der Waals surface area contributed by atoms with Crippen LogP contribution in [0.1, 0.15) is 46.6 Å². The lowest BCUT2D eigenvalue weighted by Crippen LogP contribution is -2.39. The van der Waals surface area contributed by atoms with Gasteiger partial charge in [0.15, 0.2) is 0 Å². The molecule has 3 aromatic rings. The number of ether oxygens (including phenoxy) is 2. The lowest BCUT2D eigenvalue weighted by molar-refractivity contribution is -0.274. The van der Waals surface area contributed by atoms with Gasteiger partial charge in [0.25, 0.3) is 5.56 Å². The number of carbonyl (C=O) groups excluding carboxylic acids is 1. The van der Waals surface area contributed by atoms with E-state index in [1.54, 1.807) is 19.3 Å². The summed E-state index contributed by atoms with van der Waals surface area (Å²) in [6, 6.07) is 7.05. The Morgan fingerprint density at radius 3 is 2.14 bits per heavy atom. The molecule has 0 saturated heterocycles. The van der Waals surface area contributed by atoms with Crippen molar-refractivity contribution < 1.29 is 27.4 Å². The normalized spacial score (nSPS) is 10.1. The molecular weight excluding hydrogens is 467 g/mol. The van der Waals surface area contributed by atoms with Gasteiger partial charge in [-0.05, 0) is 31.0 Å². The molecule has 0 amide bonds. The standard InChI is InChI=1S/C13H17N3O4.C7H5F3O.2C2H6/c1-8-7-14-10-11(8)15(3)13(19)16(12(10)18)5-4-6-20-9(2)17;8-7(9,10)11-6-4-2-1-3-5-6;2*1-2/h7,14H,4-6H2,1-3H3;1-5H;2*1-2H3. The first-order chi connectivity index (χ1) is 16.5. The van der Waals surface area contributed by atoms with E-state index in [0.717, 1.165) is 10.1 Å². The minimum absolute atomic E-state index is 0.187. The number of nitrogens with one attached hydrogen (secondary N) is 1. The predicted molar refractivity (Wildman–Crippen MR) is 130 cm³/mol. The average molecular weight is 502 g/mol. The Morgan fingerprint density at radius 1 is 1.06 bits per heavy atom. The number of aromatic amines is 1. The predicted octanol–water partition coefficient (Wildman–Crippen LogP) is 4.93. The molecule has 35 heavy (non-hydrogen) atoms. The Hall–Kier alpha value is -3.50. The van der Waals surface area contributed by atoms with Gasteiger partial charge in [-0.3, -0.25) is 18.7 Å². The summed E-state index contributed by atoms with van der Waals surface area (Å²) in [7, 11) is 1.63. The van der Waals surface area contributed by atoms with Gasteiger partial charge in [-0.15, -0.1) is 13.2 Å². The number of aromatic nitrogens is 3. The molecule has 0 aliphatic carbocycles. The Labute approximate surface area is 202 Å². The number of benzene rings is 1. The number of H-pyrrole nitrogens is 1. The number of alkyl halides is 3. The van der Waals surface area contributed by atoms with Gasteiger partial charge >= 0.3 is 18.0 Å². The van der Waals surface area contributed by atoms with Crippen LogP contribution in [0.4, 0.5) is 13.2 Å². The Morgan fingerprint density at radius 2 is 1.63 bits per heavy atom. The van der Waals surface area contributed by atoms with Crippen LogP contribution >= 0.6 is 0 Å². The fraction of sp³-hybridized carbons (Fsp3) is 0.458. The highest BCUT2D eigenvalue weighted by molar-refractivity contribution is 5.78. The van der Waals surface area contributed by atoms with Gasteiger partial charge in [-0.2, -0.15) is 0 Å². The quantitative estimate of drug-likeness (QED) is 0.395. The van der Waals surface area contributed by atoms with Crippen LogP contribution in [0.15, 0.2) is 46.1 Å². The molecule has 0 spiro atoms. The number of para-hydroxylation sites is 1. The fourth-order valence-electron chi connectivity index (χ4n) is 2.87. The fourth-order valence-corrected chi connectivity index (χ4v) is 2.87. The number of nitrogens with zero attached hydrogens (tertiary/aromatic N) is 2. The van der Waals surface area contributed by atoms with E-state index in [1.165, 1.54) is 35.8 Å². The van der Waals surface area contributed by atoms with E-state index in [4.69, 9.17) is 4.74 Å². The van der Waals surface area contributed by atoms with Crippen LogP contribution in [0.5, 0.6) is 5.75 Å². The van der Waals surface area contributed by atoms with Gasteiger partial charge in [0.2, 0.25) is 0 Å². The first kappa shape index (κ1) is 31.5. The highest BCUT2D eigenvalue weighted by atomic mass is 19.4. The molecule has 8 nitrogen and oxygen atoms in total. The van der Waals surface area contributed by atoms with E-state index >= 15 is 0 Å². The van der Waals surface area contributed by atoms with Crippen LogP contribution in [0, 0.1) is 6.92 Å². The van der Waals surface area contributed by atoms with Crippen LogP contribution in [0.25, 0.3) is 11.0 Å². The van der Waals surface area contributed by atoms with Gasteiger partial charge in [0, 0.05) is 26.7 Å². The number of fused-ring (bicyclic) bond motifs is 1. The summed E-state index contributed by atoms with van der Waals surface area (Å²) < 4.78 is 45.6. The molecule has 3 rings (SSSR count). The van der Waals surface area contributed by atoms with Crippen molar-refractivity contribution in [3.63, 3.8) is 0 Å². The molecule has 0 atom stereocenters. The molecule has 0 unspecified atom stereocenters. The van der Waals surface area contributed by atoms with Crippen LogP contribution in [0.3, 0.4) is 0 Å². The van der Waals surface area contributed by atoms with Gasteiger partial charge in [0.1, 0.15) is 11.3 Å². The minimum Gasteiger partial charge on any atom is -0.466 e.